The number of amides is 2. The van der Waals surface area contributed by atoms with Crippen LogP contribution >= 0.6 is 0 Å². The maximum atomic E-state index is 12.2. The summed E-state index contributed by atoms with van der Waals surface area (Å²) in [6, 6.07) is 12.8. The van der Waals surface area contributed by atoms with Gasteiger partial charge in [-0.15, -0.1) is 0 Å². The SMILES string of the molecule is Cn1ccc2c(N3CCOCC3)nc(-c3ccc(NC(=O)Nc4cccnc4)cc3)nc21. The lowest BCUT2D eigenvalue weighted by Crippen LogP contribution is -2.37. The molecule has 0 saturated carbocycles. The molecule has 2 N–H and O–H groups in total. The smallest absolute Gasteiger partial charge is 0.323 e. The van der Waals surface area contributed by atoms with E-state index in [-0.39, 0.29) is 6.03 Å². The summed E-state index contributed by atoms with van der Waals surface area (Å²) in [5, 5.41) is 6.60. The van der Waals surface area contributed by atoms with E-state index in [0.717, 1.165) is 35.5 Å². The molecule has 1 fully saturated rings. The minimum absolute atomic E-state index is 0.332. The number of carbonyl (C=O) groups is 1. The van der Waals surface area contributed by atoms with Crippen molar-refractivity contribution in [3.05, 3.63) is 61.1 Å². The van der Waals surface area contributed by atoms with Crippen molar-refractivity contribution in [1.82, 2.24) is 19.5 Å². The molecule has 1 saturated heterocycles. The van der Waals surface area contributed by atoms with Gasteiger partial charge in [0.25, 0.3) is 0 Å². The molecule has 4 aromatic rings. The average Bonchev–Trinajstić information content (AvgIpc) is 3.21. The third-order valence-corrected chi connectivity index (χ3v) is 5.34. The van der Waals surface area contributed by atoms with Crippen LogP contribution in [0, 0.1) is 0 Å². The van der Waals surface area contributed by atoms with Crippen molar-refractivity contribution in [2.24, 2.45) is 7.05 Å². The highest BCUT2D eigenvalue weighted by atomic mass is 16.5. The normalized spacial score (nSPS) is 13.8. The number of anilines is 3. The summed E-state index contributed by atoms with van der Waals surface area (Å²) < 4.78 is 7.51. The molecule has 0 spiro atoms. The lowest BCUT2D eigenvalue weighted by molar-refractivity contribution is 0.122. The number of hydrogen-bond acceptors (Lipinski definition) is 6. The van der Waals surface area contributed by atoms with Crippen LogP contribution in [-0.4, -0.2) is 51.9 Å². The zero-order chi connectivity index (χ0) is 21.9. The second-order valence-corrected chi connectivity index (χ2v) is 7.53. The highest BCUT2D eigenvalue weighted by Gasteiger charge is 2.19. The molecule has 0 aliphatic carbocycles. The van der Waals surface area contributed by atoms with Crippen LogP contribution in [0.3, 0.4) is 0 Å². The van der Waals surface area contributed by atoms with Gasteiger partial charge in [-0.3, -0.25) is 4.98 Å². The van der Waals surface area contributed by atoms with Crippen molar-refractivity contribution in [1.29, 1.82) is 0 Å². The van der Waals surface area contributed by atoms with Crippen molar-refractivity contribution in [3.63, 3.8) is 0 Å². The van der Waals surface area contributed by atoms with Crippen LogP contribution in [0.5, 0.6) is 0 Å². The molecule has 9 nitrogen and oxygen atoms in total. The number of pyridine rings is 1. The van der Waals surface area contributed by atoms with Crippen LogP contribution in [-0.2, 0) is 11.8 Å². The molecule has 162 valence electrons. The predicted molar refractivity (Wildman–Crippen MR) is 124 cm³/mol. The fourth-order valence-electron chi connectivity index (χ4n) is 3.70. The lowest BCUT2D eigenvalue weighted by atomic mass is 10.2. The molecule has 1 aromatic carbocycles. The Morgan fingerprint density at radius 2 is 1.78 bits per heavy atom. The van der Waals surface area contributed by atoms with Gasteiger partial charge in [-0.2, -0.15) is 0 Å². The van der Waals surface area contributed by atoms with Crippen molar-refractivity contribution in [3.8, 4) is 11.4 Å². The molecule has 1 aliphatic heterocycles. The first-order valence-corrected chi connectivity index (χ1v) is 10.4. The van der Waals surface area contributed by atoms with Gasteiger partial charge in [-0.1, -0.05) is 0 Å². The van der Waals surface area contributed by atoms with Gasteiger partial charge in [-0.25, -0.2) is 14.8 Å². The van der Waals surface area contributed by atoms with Crippen LogP contribution in [0.1, 0.15) is 0 Å². The number of aryl methyl sites for hydroxylation is 1. The second-order valence-electron chi connectivity index (χ2n) is 7.53. The molecule has 2 amide bonds. The Balaban J connectivity index is 1.39. The van der Waals surface area contributed by atoms with Gasteiger partial charge < -0.3 is 24.8 Å². The van der Waals surface area contributed by atoms with Crippen molar-refractivity contribution < 1.29 is 9.53 Å². The Labute approximate surface area is 185 Å². The molecule has 0 radical (unpaired) electrons. The minimum atomic E-state index is -0.332. The third kappa shape index (κ3) is 4.10. The largest absolute Gasteiger partial charge is 0.378 e. The molecular formula is C23H23N7O2. The highest BCUT2D eigenvalue weighted by Crippen LogP contribution is 2.29. The molecular weight excluding hydrogens is 406 g/mol. The number of rotatable bonds is 4. The third-order valence-electron chi connectivity index (χ3n) is 5.34. The number of nitrogens with one attached hydrogen (secondary N) is 2. The van der Waals surface area contributed by atoms with Gasteiger partial charge in [0.2, 0.25) is 0 Å². The quantitative estimate of drug-likeness (QED) is 0.515. The summed E-state index contributed by atoms with van der Waals surface area (Å²) >= 11 is 0. The Hall–Kier alpha value is -3.98. The van der Waals surface area contributed by atoms with Crippen LogP contribution in [0.4, 0.5) is 22.0 Å². The van der Waals surface area contributed by atoms with Gasteiger partial charge in [0, 0.05) is 43.8 Å². The average molecular weight is 429 g/mol. The molecule has 4 heterocycles. The van der Waals surface area contributed by atoms with Gasteiger partial charge in [-0.05, 0) is 42.5 Å². The number of hydrogen-bond donors (Lipinski definition) is 2. The molecule has 3 aromatic heterocycles. The fourth-order valence-corrected chi connectivity index (χ4v) is 3.70. The topological polar surface area (TPSA) is 97.2 Å². The number of carbonyl (C=O) groups excluding carboxylic acids is 1. The predicted octanol–water partition coefficient (Wildman–Crippen LogP) is 3.51. The minimum Gasteiger partial charge on any atom is -0.378 e. The first-order valence-electron chi connectivity index (χ1n) is 10.4. The summed E-state index contributed by atoms with van der Waals surface area (Å²) in [6.45, 7) is 2.98. The Kier molecular flexibility index (Phi) is 5.39. The van der Waals surface area contributed by atoms with Crippen LogP contribution in [0.25, 0.3) is 22.4 Å². The molecule has 5 rings (SSSR count). The van der Waals surface area contributed by atoms with Gasteiger partial charge in [0.15, 0.2) is 5.82 Å². The first-order chi connectivity index (χ1) is 15.7. The van der Waals surface area contributed by atoms with E-state index in [9.17, 15) is 4.79 Å². The summed E-state index contributed by atoms with van der Waals surface area (Å²) in [5.74, 6) is 1.57. The standard InChI is InChI=1S/C23H23N7O2/c1-29-10-8-19-21(29)27-20(28-22(19)30-11-13-32-14-12-30)16-4-6-17(7-5-16)25-23(31)26-18-3-2-9-24-15-18/h2-10,15H,11-14H2,1H3,(H2,25,26,31). The van der Waals surface area contributed by atoms with E-state index < -0.39 is 0 Å². The molecule has 32 heavy (non-hydrogen) atoms. The highest BCUT2D eigenvalue weighted by molar-refractivity contribution is 5.99. The Morgan fingerprint density at radius 3 is 2.53 bits per heavy atom. The second kappa shape index (κ2) is 8.64. The summed E-state index contributed by atoms with van der Waals surface area (Å²) in [6.07, 6.45) is 5.24. The Morgan fingerprint density at radius 1 is 1.00 bits per heavy atom. The number of ether oxygens (including phenoxy) is 1. The van der Waals surface area contributed by atoms with Crippen LogP contribution in [0.15, 0.2) is 61.1 Å². The van der Waals surface area contributed by atoms with E-state index in [1.54, 1.807) is 24.5 Å². The van der Waals surface area contributed by atoms with E-state index in [1.165, 1.54) is 0 Å². The van der Waals surface area contributed by atoms with Gasteiger partial charge >= 0.3 is 6.03 Å². The van der Waals surface area contributed by atoms with Crippen molar-refractivity contribution >= 4 is 34.3 Å². The van der Waals surface area contributed by atoms with Crippen molar-refractivity contribution in [2.75, 3.05) is 41.8 Å². The van der Waals surface area contributed by atoms with Gasteiger partial charge in [0.1, 0.15) is 11.5 Å². The number of morpholine rings is 1. The van der Waals surface area contributed by atoms with Crippen LogP contribution < -0.4 is 15.5 Å². The first kappa shape index (κ1) is 20.0. The lowest BCUT2D eigenvalue weighted by Gasteiger charge is -2.28. The number of benzene rings is 1. The maximum absolute atomic E-state index is 12.2. The number of urea groups is 1. The molecule has 9 heteroatoms. The number of fused-ring (bicyclic) bond motifs is 1. The van der Waals surface area contributed by atoms with Crippen molar-refractivity contribution in [2.45, 2.75) is 0 Å². The molecule has 0 unspecified atom stereocenters. The summed E-state index contributed by atoms with van der Waals surface area (Å²) in [7, 11) is 1.98. The number of aromatic nitrogens is 4. The molecule has 1 aliphatic rings. The van der Waals surface area contributed by atoms with Gasteiger partial charge in [0.05, 0.1) is 30.5 Å². The van der Waals surface area contributed by atoms with E-state index in [0.29, 0.717) is 30.4 Å². The zero-order valence-corrected chi connectivity index (χ0v) is 17.7. The zero-order valence-electron chi connectivity index (χ0n) is 17.7. The summed E-state index contributed by atoms with van der Waals surface area (Å²) in [5.41, 5.74) is 3.06. The van der Waals surface area contributed by atoms with Crippen LogP contribution in [0.2, 0.25) is 0 Å². The van der Waals surface area contributed by atoms with E-state index in [1.807, 2.05) is 42.1 Å². The monoisotopic (exact) mass is 429 g/mol. The van der Waals surface area contributed by atoms with E-state index in [2.05, 4.69) is 26.6 Å². The summed E-state index contributed by atoms with van der Waals surface area (Å²) in [4.78, 5) is 28.1. The molecule has 0 bridgehead atoms. The Bertz CT molecular complexity index is 1230. The fraction of sp³-hybridized carbons (Fsp3) is 0.217. The van der Waals surface area contributed by atoms with E-state index >= 15 is 0 Å². The maximum Gasteiger partial charge on any atom is 0.323 e. The van der Waals surface area contributed by atoms with E-state index in [4.69, 9.17) is 14.7 Å². The number of nitrogens with zero attached hydrogens (tertiary/aromatic N) is 5. The molecule has 0 atom stereocenters.